The van der Waals surface area contributed by atoms with Crippen LogP contribution in [0.1, 0.15) is 21.1 Å². The molecule has 0 saturated carbocycles. The molecule has 2 heterocycles. The van der Waals surface area contributed by atoms with Gasteiger partial charge in [-0.3, -0.25) is 4.79 Å². The van der Waals surface area contributed by atoms with Crippen LogP contribution in [0.3, 0.4) is 0 Å². The Morgan fingerprint density at radius 2 is 1.93 bits per heavy atom. The summed E-state index contributed by atoms with van der Waals surface area (Å²) < 4.78 is 0. The number of carbonyl (C=O) groups is 1. The summed E-state index contributed by atoms with van der Waals surface area (Å²) in [6, 6.07) is 19.8. The van der Waals surface area contributed by atoms with Gasteiger partial charge in [0.2, 0.25) is 5.82 Å². The fraction of sp³-hybridized carbons (Fsp3) is 0.136. The molecule has 4 aromatic rings. The van der Waals surface area contributed by atoms with Gasteiger partial charge in [0.25, 0.3) is 5.91 Å². The first-order valence-electron chi connectivity index (χ1n) is 9.10. The number of aryl methyl sites for hydroxylation is 1. The number of aromatic nitrogens is 2. The number of carbonyl (C=O) groups excluding carboxylic acids is 1. The maximum absolute atomic E-state index is 12.6. The molecule has 28 heavy (non-hydrogen) atoms. The zero-order chi connectivity index (χ0) is 19.3. The molecule has 0 bridgehead atoms. The van der Waals surface area contributed by atoms with Crippen LogP contribution in [-0.2, 0) is 6.42 Å². The third-order valence-electron chi connectivity index (χ3n) is 4.32. The summed E-state index contributed by atoms with van der Waals surface area (Å²) in [4.78, 5) is 22.8. The smallest absolute Gasteiger partial charge is 0.289 e. The van der Waals surface area contributed by atoms with Gasteiger partial charge in [0.1, 0.15) is 5.82 Å². The van der Waals surface area contributed by atoms with Crippen molar-refractivity contribution in [2.75, 3.05) is 11.9 Å². The highest BCUT2D eigenvalue weighted by Gasteiger charge is 2.14. The van der Waals surface area contributed by atoms with Gasteiger partial charge in [-0.1, -0.05) is 30.3 Å². The lowest BCUT2D eigenvalue weighted by molar-refractivity contribution is 0.0944. The minimum Gasteiger partial charge on any atom is -0.349 e. The zero-order valence-electron chi connectivity index (χ0n) is 15.5. The van der Waals surface area contributed by atoms with E-state index in [9.17, 15) is 4.79 Å². The van der Waals surface area contributed by atoms with Crippen LogP contribution in [-0.4, -0.2) is 22.4 Å². The number of hydrogen-bond acceptors (Lipinski definition) is 5. The third kappa shape index (κ3) is 4.18. The molecule has 0 spiro atoms. The zero-order valence-corrected chi connectivity index (χ0v) is 16.3. The van der Waals surface area contributed by atoms with Crippen LogP contribution in [0.25, 0.3) is 10.9 Å². The number of amides is 1. The molecule has 140 valence electrons. The number of nitrogens with zero attached hydrogens (tertiary/aromatic N) is 2. The summed E-state index contributed by atoms with van der Waals surface area (Å²) in [6.45, 7) is 2.59. The predicted molar refractivity (Wildman–Crippen MR) is 114 cm³/mol. The van der Waals surface area contributed by atoms with Crippen LogP contribution < -0.4 is 10.6 Å². The van der Waals surface area contributed by atoms with Crippen LogP contribution in [0.15, 0.2) is 66.0 Å². The Morgan fingerprint density at radius 1 is 1.04 bits per heavy atom. The van der Waals surface area contributed by atoms with Crippen LogP contribution >= 0.6 is 11.3 Å². The molecule has 2 N–H and O–H groups in total. The molecule has 2 aromatic heterocycles. The Hall–Kier alpha value is -3.25. The van der Waals surface area contributed by atoms with Crippen molar-refractivity contribution in [2.45, 2.75) is 13.3 Å². The lowest BCUT2D eigenvalue weighted by Crippen LogP contribution is -2.27. The molecule has 6 heteroatoms. The molecule has 2 aromatic carbocycles. The van der Waals surface area contributed by atoms with Crippen molar-refractivity contribution in [3.05, 3.63) is 82.3 Å². The quantitative estimate of drug-likeness (QED) is 0.502. The third-order valence-corrected chi connectivity index (χ3v) is 5.26. The molecule has 0 fully saturated rings. The molecule has 0 aliphatic rings. The standard InChI is InChI=1S/C22H20N4OS/c1-15-6-4-7-16(14-15)24-20-18-9-2-3-10-19(18)25-21(26-20)22(27)23-12-11-17-8-5-13-28-17/h2-10,13-14H,11-12H2,1H3,(H,23,27)(H,24,25,26). The molecule has 0 saturated heterocycles. The molecule has 1 amide bonds. The Kier molecular flexibility index (Phi) is 5.30. The lowest BCUT2D eigenvalue weighted by Gasteiger charge is -2.11. The highest BCUT2D eigenvalue weighted by atomic mass is 32.1. The number of nitrogens with one attached hydrogen (secondary N) is 2. The molecule has 0 aliphatic carbocycles. The summed E-state index contributed by atoms with van der Waals surface area (Å²) in [7, 11) is 0. The predicted octanol–water partition coefficient (Wildman–Crippen LogP) is 4.72. The van der Waals surface area contributed by atoms with Gasteiger partial charge in [0.05, 0.1) is 5.52 Å². The van der Waals surface area contributed by atoms with E-state index in [0.717, 1.165) is 28.6 Å². The first kappa shape index (κ1) is 18.1. The van der Waals surface area contributed by atoms with Crippen LogP contribution in [0.2, 0.25) is 0 Å². The second kappa shape index (κ2) is 8.19. The number of rotatable bonds is 6. The van der Waals surface area contributed by atoms with E-state index < -0.39 is 0 Å². The maximum Gasteiger partial charge on any atom is 0.289 e. The van der Waals surface area contributed by atoms with Crippen molar-refractivity contribution >= 4 is 39.7 Å². The van der Waals surface area contributed by atoms with E-state index in [1.165, 1.54) is 4.88 Å². The summed E-state index contributed by atoms with van der Waals surface area (Å²) in [6.07, 6.45) is 0.797. The average molecular weight is 388 g/mol. The molecule has 0 unspecified atom stereocenters. The van der Waals surface area contributed by atoms with Gasteiger partial charge in [-0.05, 0) is 54.6 Å². The second-order valence-electron chi connectivity index (χ2n) is 6.49. The summed E-state index contributed by atoms with van der Waals surface area (Å²) in [5, 5.41) is 9.16. The fourth-order valence-corrected chi connectivity index (χ4v) is 3.68. The van der Waals surface area contributed by atoms with Crippen molar-refractivity contribution in [1.82, 2.24) is 15.3 Å². The maximum atomic E-state index is 12.6. The number of thiophene rings is 1. The normalized spacial score (nSPS) is 10.8. The van der Waals surface area contributed by atoms with Crippen LogP contribution in [0.5, 0.6) is 0 Å². The van der Waals surface area contributed by atoms with Gasteiger partial charge in [-0.2, -0.15) is 0 Å². The number of anilines is 2. The van der Waals surface area contributed by atoms with Gasteiger partial charge in [-0.25, -0.2) is 9.97 Å². The first-order valence-corrected chi connectivity index (χ1v) is 9.98. The van der Waals surface area contributed by atoms with E-state index in [-0.39, 0.29) is 11.7 Å². The van der Waals surface area contributed by atoms with Crippen molar-refractivity contribution in [3.63, 3.8) is 0 Å². The molecule has 0 radical (unpaired) electrons. The minimum atomic E-state index is -0.269. The second-order valence-corrected chi connectivity index (χ2v) is 7.52. The van der Waals surface area contributed by atoms with E-state index in [1.807, 2.05) is 66.9 Å². The summed E-state index contributed by atoms with van der Waals surface area (Å²) >= 11 is 1.68. The first-order chi connectivity index (χ1) is 13.7. The average Bonchev–Trinajstić information content (AvgIpc) is 3.21. The van der Waals surface area contributed by atoms with Crippen LogP contribution in [0, 0.1) is 6.92 Å². The molecular weight excluding hydrogens is 368 g/mol. The Labute approximate surface area is 167 Å². The van der Waals surface area contributed by atoms with Gasteiger partial charge >= 0.3 is 0 Å². The van der Waals surface area contributed by atoms with Gasteiger partial charge in [0.15, 0.2) is 0 Å². The molecule has 4 rings (SSSR count). The number of para-hydroxylation sites is 1. The number of hydrogen-bond donors (Lipinski definition) is 2. The van der Waals surface area contributed by atoms with Gasteiger partial charge in [-0.15, -0.1) is 11.3 Å². The van der Waals surface area contributed by atoms with E-state index in [0.29, 0.717) is 12.4 Å². The van der Waals surface area contributed by atoms with E-state index >= 15 is 0 Å². The van der Waals surface area contributed by atoms with Crippen molar-refractivity contribution in [2.24, 2.45) is 0 Å². The van der Waals surface area contributed by atoms with E-state index in [1.54, 1.807) is 11.3 Å². The van der Waals surface area contributed by atoms with Crippen LogP contribution in [0.4, 0.5) is 11.5 Å². The summed E-state index contributed by atoms with van der Waals surface area (Å²) in [5.41, 5.74) is 2.80. The van der Waals surface area contributed by atoms with Crippen molar-refractivity contribution < 1.29 is 4.79 Å². The van der Waals surface area contributed by atoms with E-state index in [4.69, 9.17) is 0 Å². The highest BCUT2D eigenvalue weighted by molar-refractivity contribution is 7.09. The lowest BCUT2D eigenvalue weighted by atomic mass is 10.2. The highest BCUT2D eigenvalue weighted by Crippen LogP contribution is 2.24. The topological polar surface area (TPSA) is 66.9 Å². The molecule has 0 aliphatic heterocycles. The Balaban J connectivity index is 1.59. The van der Waals surface area contributed by atoms with E-state index in [2.05, 4.69) is 26.7 Å². The molecule has 0 atom stereocenters. The number of fused-ring (bicyclic) bond motifs is 1. The fourth-order valence-electron chi connectivity index (χ4n) is 2.97. The Bertz CT molecular complexity index is 1110. The molecular formula is C22H20N4OS. The summed E-state index contributed by atoms with van der Waals surface area (Å²) in [5.74, 6) is 0.522. The largest absolute Gasteiger partial charge is 0.349 e. The SMILES string of the molecule is Cc1cccc(Nc2nc(C(=O)NCCc3cccs3)nc3ccccc23)c1. The molecule has 5 nitrogen and oxygen atoms in total. The van der Waals surface area contributed by atoms with Gasteiger partial charge < -0.3 is 10.6 Å². The van der Waals surface area contributed by atoms with Crippen molar-refractivity contribution in [1.29, 1.82) is 0 Å². The minimum absolute atomic E-state index is 0.167. The number of benzene rings is 2. The monoisotopic (exact) mass is 388 g/mol. The van der Waals surface area contributed by atoms with Gasteiger partial charge in [0, 0.05) is 22.5 Å². The van der Waals surface area contributed by atoms with Crippen molar-refractivity contribution in [3.8, 4) is 0 Å². The Morgan fingerprint density at radius 3 is 2.75 bits per heavy atom.